The van der Waals surface area contributed by atoms with Crippen LogP contribution in [0.15, 0.2) is 12.1 Å². The van der Waals surface area contributed by atoms with E-state index in [1.807, 2.05) is 0 Å². The number of alkyl halides is 1. The lowest BCUT2D eigenvalue weighted by molar-refractivity contribution is 0.378. The van der Waals surface area contributed by atoms with Gasteiger partial charge in [0.2, 0.25) is 0 Å². The highest BCUT2D eigenvalue weighted by Gasteiger charge is 2.22. The van der Waals surface area contributed by atoms with Crippen molar-refractivity contribution in [2.24, 2.45) is 0 Å². The fraction of sp³-hybridized carbons (Fsp3) is 0.625. The molecule has 2 atom stereocenters. The molecule has 2 rings (SSSR count). The summed E-state index contributed by atoms with van der Waals surface area (Å²) < 4.78 is 0. The maximum absolute atomic E-state index is 6.39. The summed E-state index contributed by atoms with van der Waals surface area (Å²) in [5.74, 6) is 0. The zero-order valence-electron chi connectivity index (χ0n) is 11.7. The van der Waals surface area contributed by atoms with Crippen molar-refractivity contribution in [2.75, 3.05) is 0 Å². The minimum atomic E-state index is 0.310. The van der Waals surface area contributed by atoms with Crippen LogP contribution in [0.25, 0.3) is 0 Å². The molecule has 1 aromatic carbocycles. The van der Waals surface area contributed by atoms with E-state index in [0.29, 0.717) is 11.4 Å². The molecule has 2 heteroatoms. The zero-order valence-corrected chi connectivity index (χ0v) is 12.5. The van der Waals surface area contributed by atoms with E-state index in [9.17, 15) is 0 Å². The number of aryl methyl sites for hydroxylation is 3. The van der Waals surface area contributed by atoms with E-state index in [0.717, 1.165) is 13.0 Å². The van der Waals surface area contributed by atoms with Gasteiger partial charge in [-0.15, -0.1) is 11.6 Å². The van der Waals surface area contributed by atoms with Gasteiger partial charge in [-0.2, -0.15) is 0 Å². The maximum Gasteiger partial charge on any atom is 0.0489 e. The highest BCUT2D eigenvalue weighted by molar-refractivity contribution is 6.21. The van der Waals surface area contributed by atoms with Crippen molar-refractivity contribution < 1.29 is 0 Å². The van der Waals surface area contributed by atoms with Crippen molar-refractivity contribution in [3.63, 3.8) is 0 Å². The predicted octanol–water partition coefficient (Wildman–Crippen LogP) is 4.25. The molecule has 0 aliphatic heterocycles. The normalized spacial score (nSPS) is 24.2. The quantitative estimate of drug-likeness (QED) is 0.806. The van der Waals surface area contributed by atoms with Crippen LogP contribution in [0.2, 0.25) is 0 Å². The highest BCUT2D eigenvalue weighted by Crippen LogP contribution is 2.24. The van der Waals surface area contributed by atoms with Gasteiger partial charge in [0, 0.05) is 18.0 Å². The van der Waals surface area contributed by atoms with Crippen molar-refractivity contribution in [3.05, 3.63) is 34.4 Å². The molecule has 2 unspecified atom stereocenters. The first kappa shape index (κ1) is 13.9. The van der Waals surface area contributed by atoms with Gasteiger partial charge in [0.05, 0.1) is 0 Å². The molecule has 0 heterocycles. The van der Waals surface area contributed by atoms with E-state index >= 15 is 0 Å². The van der Waals surface area contributed by atoms with Crippen LogP contribution in [-0.4, -0.2) is 11.4 Å². The summed E-state index contributed by atoms with van der Waals surface area (Å²) in [4.78, 5) is 0. The topological polar surface area (TPSA) is 12.0 Å². The Bertz CT molecular complexity index is 391. The Balaban J connectivity index is 2.01. The second kappa shape index (κ2) is 6.08. The predicted molar refractivity (Wildman–Crippen MR) is 79.4 cm³/mol. The van der Waals surface area contributed by atoms with Crippen LogP contribution < -0.4 is 5.32 Å². The SMILES string of the molecule is Cc1cc(C)c(CNC2CCCCC2Cl)c(C)c1. The molecule has 1 aliphatic rings. The van der Waals surface area contributed by atoms with Crippen molar-refractivity contribution in [2.45, 2.75) is 64.4 Å². The average Bonchev–Trinajstić information content (AvgIpc) is 2.30. The van der Waals surface area contributed by atoms with Gasteiger partial charge in [0.25, 0.3) is 0 Å². The number of rotatable bonds is 3. The summed E-state index contributed by atoms with van der Waals surface area (Å²) >= 11 is 6.39. The lowest BCUT2D eigenvalue weighted by Gasteiger charge is -2.28. The van der Waals surface area contributed by atoms with Crippen LogP contribution in [0.4, 0.5) is 0 Å². The van der Waals surface area contributed by atoms with Crippen molar-refractivity contribution in [1.82, 2.24) is 5.32 Å². The fourth-order valence-electron chi connectivity index (χ4n) is 3.04. The van der Waals surface area contributed by atoms with Gasteiger partial charge in [-0.05, 0) is 50.3 Å². The summed E-state index contributed by atoms with van der Waals surface area (Å²) in [6.07, 6.45) is 4.98. The molecule has 1 aromatic rings. The fourth-order valence-corrected chi connectivity index (χ4v) is 3.41. The molecule has 0 aromatic heterocycles. The van der Waals surface area contributed by atoms with Gasteiger partial charge in [-0.25, -0.2) is 0 Å². The van der Waals surface area contributed by atoms with Crippen LogP contribution in [0.3, 0.4) is 0 Å². The second-order valence-electron chi connectivity index (χ2n) is 5.67. The molecule has 0 spiro atoms. The summed E-state index contributed by atoms with van der Waals surface area (Å²) in [6, 6.07) is 5.02. The minimum Gasteiger partial charge on any atom is -0.308 e. The van der Waals surface area contributed by atoms with E-state index in [1.54, 1.807) is 0 Å². The lowest BCUT2D eigenvalue weighted by Crippen LogP contribution is -2.39. The molecule has 1 fully saturated rings. The van der Waals surface area contributed by atoms with Crippen molar-refractivity contribution in [3.8, 4) is 0 Å². The van der Waals surface area contributed by atoms with Gasteiger partial charge >= 0.3 is 0 Å². The number of halogens is 1. The summed E-state index contributed by atoms with van der Waals surface area (Å²) in [7, 11) is 0. The highest BCUT2D eigenvalue weighted by atomic mass is 35.5. The number of hydrogen-bond acceptors (Lipinski definition) is 1. The molecule has 1 saturated carbocycles. The van der Waals surface area contributed by atoms with Crippen LogP contribution >= 0.6 is 11.6 Å². The molecular formula is C16H24ClN. The summed E-state index contributed by atoms with van der Waals surface area (Å²) in [6.45, 7) is 7.52. The molecule has 1 aliphatic carbocycles. The van der Waals surface area contributed by atoms with E-state index in [4.69, 9.17) is 11.6 Å². The van der Waals surface area contributed by atoms with Crippen molar-refractivity contribution >= 4 is 11.6 Å². The second-order valence-corrected chi connectivity index (χ2v) is 6.23. The number of hydrogen-bond donors (Lipinski definition) is 1. The van der Waals surface area contributed by atoms with Gasteiger partial charge < -0.3 is 5.32 Å². The molecule has 1 N–H and O–H groups in total. The third-order valence-corrected chi connectivity index (χ3v) is 4.59. The van der Waals surface area contributed by atoms with Crippen LogP contribution in [0, 0.1) is 20.8 Å². The first-order valence-electron chi connectivity index (χ1n) is 7.02. The van der Waals surface area contributed by atoms with Crippen LogP contribution in [0.1, 0.15) is 47.9 Å². The lowest BCUT2D eigenvalue weighted by atomic mass is 9.94. The van der Waals surface area contributed by atoms with E-state index in [1.165, 1.54) is 41.5 Å². The van der Waals surface area contributed by atoms with E-state index in [2.05, 4.69) is 38.2 Å². The Hall–Kier alpha value is -0.530. The molecule has 1 nitrogen and oxygen atoms in total. The molecule has 0 amide bonds. The van der Waals surface area contributed by atoms with E-state index < -0.39 is 0 Å². The van der Waals surface area contributed by atoms with Gasteiger partial charge in [-0.3, -0.25) is 0 Å². The monoisotopic (exact) mass is 265 g/mol. The van der Waals surface area contributed by atoms with Gasteiger partial charge in [0.15, 0.2) is 0 Å². The third kappa shape index (κ3) is 3.27. The Labute approximate surface area is 116 Å². The van der Waals surface area contributed by atoms with Crippen LogP contribution in [0.5, 0.6) is 0 Å². The minimum absolute atomic E-state index is 0.310. The number of nitrogens with one attached hydrogen (secondary N) is 1. The molecular weight excluding hydrogens is 242 g/mol. The summed E-state index contributed by atoms with van der Waals surface area (Å²) in [5.41, 5.74) is 5.57. The third-order valence-electron chi connectivity index (χ3n) is 4.06. The standard InChI is InChI=1S/C16H24ClN/c1-11-8-12(2)14(13(3)9-11)10-18-16-7-5-4-6-15(16)17/h8-9,15-16,18H,4-7,10H2,1-3H3. The van der Waals surface area contributed by atoms with Crippen LogP contribution in [-0.2, 0) is 6.54 Å². The molecule has 0 bridgehead atoms. The molecule has 0 saturated heterocycles. The Morgan fingerprint density at radius 2 is 1.72 bits per heavy atom. The van der Waals surface area contributed by atoms with Crippen molar-refractivity contribution in [1.29, 1.82) is 0 Å². The molecule has 18 heavy (non-hydrogen) atoms. The zero-order chi connectivity index (χ0) is 13.1. The maximum atomic E-state index is 6.39. The smallest absolute Gasteiger partial charge is 0.0489 e. The molecule has 100 valence electrons. The first-order chi connectivity index (χ1) is 8.58. The van der Waals surface area contributed by atoms with Gasteiger partial charge in [0.1, 0.15) is 0 Å². The van der Waals surface area contributed by atoms with Gasteiger partial charge in [-0.1, -0.05) is 30.5 Å². The Kier molecular flexibility index (Phi) is 4.69. The number of benzene rings is 1. The van der Waals surface area contributed by atoms with E-state index in [-0.39, 0.29) is 0 Å². The summed E-state index contributed by atoms with van der Waals surface area (Å²) in [5, 5.41) is 3.97. The first-order valence-corrected chi connectivity index (χ1v) is 7.45. The Morgan fingerprint density at radius 3 is 2.33 bits per heavy atom. The molecule has 0 radical (unpaired) electrons. The largest absolute Gasteiger partial charge is 0.308 e. The Morgan fingerprint density at radius 1 is 1.11 bits per heavy atom. The average molecular weight is 266 g/mol.